The van der Waals surface area contributed by atoms with Crippen LogP contribution in [-0.4, -0.2) is 50.6 Å². The minimum absolute atomic E-state index is 0.0746. The minimum atomic E-state index is -0.0769. The zero-order valence-electron chi connectivity index (χ0n) is 11.5. The predicted molar refractivity (Wildman–Crippen MR) is 74.1 cm³/mol. The summed E-state index contributed by atoms with van der Waals surface area (Å²) in [5.41, 5.74) is 1.07. The van der Waals surface area contributed by atoms with Gasteiger partial charge in [0.25, 0.3) is 0 Å². The molecule has 5 nitrogen and oxygen atoms in total. The molecule has 0 saturated carbocycles. The highest BCUT2D eigenvalue weighted by Gasteiger charge is 2.25. The van der Waals surface area contributed by atoms with Gasteiger partial charge in [0.05, 0.1) is 7.11 Å². The number of carbonyl (C=O) groups excluding carboxylic acids is 1. The number of benzene rings is 1. The van der Waals surface area contributed by atoms with Crippen LogP contribution in [-0.2, 0) is 11.3 Å². The summed E-state index contributed by atoms with van der Waals surface area (Å²) in [7, 11) is 3.63. The molecule has 1 fully saturated rings. The average Bonchev–Trinajstić information content (AvgIpc) is 2.46. The number of amides is 1. The molecule has 1 saturated heterocycles. The summed E-state index contributed by atoms with van der Waals surface area (Å²) in [5.74, 6) is 0.900. The van der Waals surface area contributed by atoms with Gasteiger partial charge in [-0.3, -0.25) is 9.69 Å². The largest absolute Gasteiger partial charge is 0.497 e. The molecule has 1 amide bonds. The van der Waals surface area contributed by atoms with E-state index in [0.717, 1.165) is 24.4 Å². The van der Waals surface area contributed by atoms with E-state index in [1.165, 1.54) is 0 Å². The molecule has 1 aliphatic rings. The van der Waals surface area contributed by atoms with E-state index in [-0.39, 0.29) is 11.9 Å². The summed E-state index contributed by atoms with van der Waals surface area (Å²) >= 11 is 0. The monoisotopic (exact) mass is 263 g/mol. The normalized spacial score (nSPS) is 20.0. The van der Waals surface area contributed by atoms with E-state index in [2.05, 4.69) is 15.5 Å². The number of piperazine rings is 1. The Kier molecular flexibility index (Phi) is 4.76. The van der Waals surface area contributed by atoms with Gasteiger partial charge in [0.1, 0.15) is 11.8 Å². The van der Waals surface area contributed by atoms with Crippen molar-refractivity contribution in [1.82, 2.24) is 15.5 Å². The Morgan fingerprint density at radius 2 is 2.21 bits per heavy atom. The summed E-state index contributed by atoms with van der Waals surface area (Å²) in [6.07, 6.45) is 0. The third-order valence-corrected chi connectivity index (χ3v) is 3.44. The van der Waals surface area contributed by atoms with Gasteiger partial charge in [0, 0.05) is 26.2 Å². The molecule has 1 aliphatic heterocycles. The van der Waals surface area contributed by atoms with Gasteiger partial charge in [0.2, 0.25) is 5.91 Å². The third-order valence-electron chi connectivity index (χ3n) is 3.44. The fourth-order valence-electron chi connectivity index (χ4n) is 2.15. The minimum Gasteiger partial charge on any atom is -0.497 e. The van der Waals surface area contributed by atoms with E-state index in [0.29, 0.717) is 13.1 Å². The van der Waals surface area contributed by atoms with Crippen LogP contribution in [0.5, 0.6) is 5.75 Å². The lowest BCUT2D eigenvalue weighted by Crippen LogP contribution is -2.56. The number of likely N-dealkylation sites (N-methyl/N-ethyl adjacent to an activating group) is 1. The van der Waals surface area contributed by atoms with Gasteiger partial charge >= 0.3 is 0 Å². The Hall–Kier alpha value is -1.59. The molecule has 0 radical (unpaired) electrons. The van der Waals surface area contributed by atoms with Gasteiger partial charge in [-0.1, -0.05) is 12.1 Å². The lowest BCUT2D eigenvalue weighted by atomic mass is 10.1. The fraction of sp³-hybridized carbons (Fsp3) is 0.500. The predicted octanol–water partition coefficient (Wildman–Crippen LogP) is 0.215. The maximum absolute atomic E-state index is 12.1. The van der Waals surface area contributed by atoms with E-state index >= 15 is 0 Å². The van der Waals surface area contributed by atoms with Crippen LogP contribution < -0.4 is 15.4 Å². The van der Waals surface area contributed by atoms with Crippen molar-refractivity contribution in [3.8, 4) is 5.75 Å². The average molecular weight is 263 g/mol. The van der Waals surface area contributed by atoms with Crippen LogP contribution in [0.3, 0.4) is 0 Å². The van der Waals surface area contributed by atoms with Crippen LogP contribution in [0.4, 0.5) is 0 Å². The molecule has 0 aliphatic carbocycles. The van der Waals surface area contributed by atoms with Crippen molar-refractivity contribution < 1.29 is 9.53 Å². The van der Waals surface area contributed by atoms with Gasteiger partial charge in [-0.2, -0.15) is 0 Å². The molecule has 1 atom stereocenters. The fourth-order valence-corrected chi connectivity index (χ4v) is 2.15. The summed E-state index contributed by atoms with van der Waals surface area (Å²) in [5, 5.41) is 6.22. The first-order valence-corrected chi connectivity index (χ1v) is 6.52. The smallest absolute Gasteiger partial charge is 0.238 e. The first kappa shape index (κ1) is 13.8. The Labute approximate surface area is 113 Å². The molecule has 5 heteroatoms. The second-order valence-corrected chi connectivity index (χ2v) is 4.77. The Balaban J connectivity index is 1.85. The standard InChI is InChI=1S/C14H21N3O2/c1-17-8-7-15-10-13(17)14(18)16-9-11-3-5-12(19-2)6-4-11/h3-6,13,15H,7-10H2,1-2H3,(H,16,18). The summed E-state index contributed by atoms with van der Waals surface area (Å²) in [6, 6.07) is 7.64. The SMILES string of the molecule is COc1ccc(CNC(=O)C2CNCCN2C)cc1. The van der Waals surface area contributed by atoms with Crippen molar-refractivity contribution in [2.75, 3.05) is 33.8 Å². The van der Waals surface area contributed by atoms with Crippen LogP contribution in [0.1, 0.15) is 5.56 Å². The van der Waals surface area contributed by atoms with Crippen LogP contribution in [0.25, 0.3) is 0 Å². The zero-order valence-corrected chi connectivity index (χ0v) is 11.5. The highest BCUT2D eigenvalue weighted by Crippen LogP contribution is 2.11. The van der Waals surface area contributed by atoms with Crippen molar-refractivity contribution >= 4 is 5.91 Å². The second kappa shape index (κ2) is 6.54. The van der Waals surface area contributed by atoms with Crippen molar-refractivity contribution in [3.63, 3.8) is 0 Å². The lowest BCUT2D eigenvalue weighted by Gasteiger charge is -2.31. The molecule has 19 heavy (non-hydrogen) atoms. The number of hydrogen-bond acceptors (Lipinski definition) is 4. The Morgan fingerprint density at radius 3 is 2.84 bits per heavy atom. The van der Waals surface area contributed by atoms with Crippen LogP contribution >= 0.6 is 0 Å². The van der Waals surface area contributed by atoms with E-state index in [4.69, 9.17) is 4.74 Å². The molecular formula is C14H21N3O2. The highest BCUT2D eigenvalue weighted by atomic mass is 16.5. The quantitative estimate of drug-likeness (QED) is 0.816. The number of carbonyl (C=O) groups is 1. The van der Waals surface area contributed by atoms with Crippen LogP contribution in [0.2, 0.25) is 0 Å². The topological polar surface area (TPSA) is 53.6 Å². The molecule has 2 rings (SSSR count). The number of nitrogens with zero attached hydrogens (tertiary/aromatic N) is 1. The molecule has 104 valence electrons. The van der Waals surface area contributed by atoms with Crippen LogP contribution in [0.15, 0.2) is 24.3 Å². The molecular weight excluding hydrogens is 242 g/mol. The van der Waals surface area contributed by atoms with E-state index in [1.807, 2.05) is 31.3 Å². The zero-order chi connectivity index (χ0) is 13.7. The molecule has 2 N–H and O–H groups in total. The van der Waals surface area contributed by atoms with Gasteiger partial charge in [-0.05, 0) is 24.7 Å². The van der Waals surface area contributed by atoms with Gasteiger partial charge in [-0.15, -0.1) is 0 Å². The molecule has 0 aromatic heterocycles. The summed E-state index contributed by atoms with van der Waals surface area (Å²) in [6.45, 7) is 3.11. The number of methoxy groups -OCH3 is 1. The number of hydrogen-bond donors (Lipinski definition) is 2. The van der Waals surface area contributed by atoms with Crippen molar-refractivity contribution in [3.05, 3.63) is 29.8 Å². The first-order chi connectivity index (χ1) is 9.20. The summed E-state index contributed by atoms with van der Waals surface area (Å²) in [4.78, 5) is 14.2. The molecule has 1 heterocycles. The first-order valence-electron chi connectivity index (χ1n) is 6.52. The number of nitrogens with one attached hydrogen (secondary N) is 2. The lowest BCUT2D eigenvalue weighted by molar-refractivity contribution is -0.126. The van der Waals surface area contributed by atoms with E-state index in [1.54, 1.807) is 7.11 Å². The molecule has 0 spiro atoms. The molecule has 0 bridgehead atoms. The maximum Gasteiger partial charge on any atom is 0.238 e. The van der Waals surface area contributed by atoms with E-state index < -0.39 is 0 Å². The maximum atomic E-state index is 12.1. The summed E-state index contributed by atoms with van der Waals surface area (Å²) < 4.78 is 5.10. The molecule has 1 aromatic rings. The molecule has 1 unspecified atom stereocenters. The highest BCUT2D eigenvalue weighted by molar-refractivity contribution is 5.82. The van der Waals surface area contributed by atoms with Crippen molar-refractivity contribution in [2.24, 2.45) is 0 Å². The molecule has 1 aromatic carbocycles. The van der Waals surface area contributed by atoms with Gasteiger partial charge in [0.15, 0.2) is 0 Å². The van der Waals surface area contributed by atoms with E-state index in [9.17, 15) is 4.79 Å². The Morgan fingerprint density at radius 1 is 1.47 bits per heavy atom. The number of rotatable bonds is 4. The van der Waals surface area contributed by atoms with Gasteiger partial charge < -0.3 is 15.4 Å². The Bertz CT molecular complexity index is 419. The van der Waals surface area contributed by atoms with Crippen molar-refractivity contribution in [2.45, 2.75) is 12.6 Å². The third kappa shape index (κ3) is 3.68. The second-order valence-electron chi connectivity index (χ2n) is 4.77. The van der Waals surface area contributed by atoms with Crippen LogP contribution in [0, 0.1) is 0 Å². The van der Waals surface area contributed by atoms with Crippen molar-refractivity contribution in [1.29, 1.82) is 0 Å². The van der Waals surface area contributed by atoms with Gasteiger partial charge in [-0.25, -0.2) is 0 Å². The number of ether oxygens (including phenoxy) is 1.